The van der Waals surface area contributed by atoms with E-state index in [1.54, 1.807) is 0 Å². The summed E-state index contributed by atoms with van der Waals surface area (Å²) in [6.07, 6.45) is 0. The Balaban J connectivity index is 1.55. The summed E-state index contributed by atoms with van der Waals surface area (Å²) >= 11 is 0. The first kappa shape index (κ1) is 21.7. The number of hydrogen-bond donors (Lipinski definition) is 0. The molecule has 0 radical (unpaired) electrons. The lowest BCUT2D eigenvalue weighted by atomic mass is 9.99. The van der Waals surface area contributed by atoms with Crippen LogP contribution in [0.25, 0.3) is 45.3 Å². The zero-order chi connectivity index (χ0) is 23.7. The molecule has 2 aromatic carbocycles. The number of benzene rings is 2. The molecule has 0 N–H and O–H groups in total. The van der Waals surface area contributed by atoms with E-state index in [1.165, 1.54) is 33.4 Å². The van der Waals surface area contributed by atoms with Crippen molar-refractivity contribution in [3.05, 3.63) is 113 Å². The van der Waals surface area contributed by atoms with E-state index in [0.717, 1.165) is 34.2 Å². The molecule has 0 aliphatic rings. The third-order valence-electron chi connectivity index (χ3n) is 6.25. The summed E-state index contributed by atoms with van der Waals surface area (Å²) in [7, 11) is 0. The minimum Gasteiger partial charge on any atom is -0.246 e. The molecule has 0 atom stereocenters. The van der Waals surface area contributed by atoms with Gasteiger partial charge in [0.05, 0.1) is 34.2 Å². The predicted octanol–water partition coefficient (Wildman–Crippen LogP) is 7.77. The predicted molar refractivity (Wildman–Crippen MR) is 141 cm³/mol. The lowest BCUT2D eigenvalue weighted by Crippen LogP contribution is -1.96. The summed E-state index contributed by atoms with van der Waals surface area (Å²) in [5.41, 5.74) is 12.6. The summed E-state index contributed by atoms with van der Waals surface area (Å²) in [5, 5.41) is 0. The molecule has 3 heteroatoms. The molecular formula is C31H27N3. The van der Waals surface area contributed by atoms with Crippen LogP contribution < -0.4 is 0 Å². The maximum atomic E-state index is 4.98. The molecular weight excluding hydrogens is 414 g/mol. The Morgan fingerprint density at radius 3 is 0.882 bits per heavy atom. The van der Waals surface area contributed by atoms with Gasteiger partial charge in [0.15, 0.2) is 0 Å². The lowest BCUT2D eigenvalue weighted by molar-refractivity contribution is 1.21. The van der Waals surface area contributed by atoms with Crippen molar-refractivity contribution in [2.45, 2.75) is 27.7 Å². The van der Waals surface area contributed by atoms with Gasteiger partial charge < -0.3 is 0 Å². The van der Waals surface area contributed by atoms with E-state index in [-0.39, 0.29) is 0 Å². The topological polar surface area (TPSA) is 38.7 Å². The quantitative estimate of drug-likeness (QED) is 0.286. The lowest BCUT2D eigenvalue weighted by Gasteiger charge is -2.12. The van der Waals surface area contributed by atoms with E-state index in [1.807, 2.05) is 30.3 Å². The molecule has 0 saturated carbocycles. The van der Waals surface area contributed by atoms with Gasteiger partial charge in [-0.3, -0.25) is 0 Å². The first-order valence-electron chi connectivity index (χ1n) is 11.6. The van der Waals surface area contributed by atoms with Gasteiger partial charge in [-0.05, 0) is 86.3 Å². The molecule has 0 fully saturated rings. The van der Waals surface area contributed by atoms with Crippen LogP contribution in [0.1, 0.15) is 22.3 Å². The molecule has 0 amide bonds. The van der Waals surface area contributed by atoms with Gasteiger partial charge in [-0.25, -0.2) is 15.0 Å². The fourth-order valence-electron chi connectivity index (χ4n) is 4.59. The van der Waals surface area contributed by atoms with E-state index >= 15 is 0 Å². The fourth-order valence-corrected chi connectivity index (χ4v) is 4.59. The Bertz CT molecular complexity index is 1350. The van der Waals surface area contributed by atoms with E-state index in [4.69, 9.17) is 15.0 Å². The first-order valence-corrected chi connectivity index (χ1v) is 11.6. The molecule has 3 nitrogen and oxygen atoms in total. The maximum Gasteiger partial charge on any atom is 0.0894 e. The second kappa shape index (κ2) is 9.03. The molecule has 5 aromatic rings. The van der Waals surface area contributed by atoms with Crippen molar-refractivity contribution in [3.8, 4) is 45.3 Å². The van der Waals surface area contributed by atoms with Gasteiger partial charge >= 0.3 is 0 Å². The number of aryl methyl sites for hydroxylation is 4. The second-order valence-corrected chi connectivity index (χ2v) is 8.76. The average Bonchev–Trinajstić information content (AvgIpc) is 2.84. The molecule has 0 aliphatic carbocycles. The van der Waals surface area contributed by atoms with E-state index in [9.17, 15) is 0 Å². The molecule has 0 bridgehead atoms. The van der Waals surface area contributed by atoms with Crippen LogP contribution in [-0.2, 0) is 0 Å². The van der Waals surface area contributed by atoms with Gasteiger partial charge in [-0.15, -0.1) is 0 Å². The average molecular weight is 442 g/mol. The van der Waals surface area contributed by atoms with E-state index < -0.39 is 0 Å². The fraction of sp³-hybridized carbons (Fsp3) is 0.129. The molecule has 3 heterocycles. The van der Waals surface area contributed by atoms with Gasteiger partial charge in [0.25, 0.3) is 0 Å². The van der Waals surface area contributed by atoms with Crippen molar-refractivity contribution in [2.24, 2.45) is 0 Å². The number of aromatic nitrogens is 3. The second-order valence-electron chi connectivity index (χ2n) is 8.76. The summed E-state index contributed by atoms with van der Waals surface area (Å²) < 4.78 is 0. The van der Waals surface area contributed by atoms with Gasteiger partial charge in [0, 0.05) is 11.1 Å². The highest BCUT2D eigenvalue weighted by atomic mass is 14.8. The van der Waals surface area contributed by atoms with Crippen LogP contribution in [-0.4, -0.2) is 15.0 Å². The van der Waals surface area contributed by atoms with Crippen LogP contribution >= 0.6 is 0 Å². The Hall–Kier alpha value is -4.11. The highest BCUT2D eigenvalue weighted by Crippen LogP contribution is 2.30. The summed E-state index contributed by atoms with van der Waals surface area (Å²) in [4.78, 5) is 14.9. The molecule has 5 rings (SSSR count). The molecule has 0 spiro atoms. The zero-order valence-electron chi connectivity index (χ0n) is 20.0. The summed E-state index contributed by atoms with van der Waals surface area (Å²) in [5.74, 6) is 0. The number of hydrogen-bond acceptors (Lipinski definition) is 3. The third kappa shape index (κ3) is 4.13. The standard InChI is InChI=1S/C31H27N3/c1-20-10-5-11-21(2)30(20)28-18-8-16-26(33-28)24-14-7-15-25(32-24)27-17-9-19-29(34-27)31-22(3)12-6-13-23(31)4/h5-19H,1-4H3. The number of nitrogens with zero attached hydrogens (tertiary/aromatic N) is 3. The minimum atomic E-state index is 0.838. The van der Waals surface area contributed by atoms with Crippen LogP contribution in [0.15, 0.2) is 91.0 Å². The van der Waals surface area contributed by atoms with Crippen LogP contribution in [0, 0.1) is 27.7 Å². The maximum absolute atomic E-state index is 4.98. The highest BCUT2D eigenvalue weighted by Gasteiger charge is 2.12. The van der Waals surface area contributed by atoms with Crippen LogP contribution in [0.5, 0.6) is 0 Å². The smallest absolute Gasteiger partial charge is 0.0894 e. The van der Waals surface area contributed by atoms with Gasteiger partial charge in [0.1, 0.15) is 0 Å². The largest absolute Gasteiger partial charge is 0.246 e. The number of pyridine rings is 3. The normalized spacial score (nSPS) is 10.9. The van der Waals surface area contributed by atoms with Crippen molar-refractivity contribution < 1.29 is 0 Å². The van der Waals surface area contributed by atoms with Crippen LogP contribution in [0.4, 0.5) is 0 Å². The van der Waals surface area contributed by atoms with Crippen molar-refractivity contribution >= 4 is 0 Å². The molecule has 0 unspecified atom stereocenters. The Morgan fingerprint density at radius 2 is 0.559 bits per heavy atom. The number of rotatable bonds is 4. The van der Waals surface area contributed by atoms with Crippen molar-refractivity contribution in [2.75, 3.05) is 0 Å². The minimum absolute atomic E-state index is 0.838. The van der Waals surface area contributed by atoms with Crippen LogP contribution in [0.2, 0.25) is 0 Å². The SMILES string of the molecule is Cc1cccc(C)c1-c1cccc(-c2cccc(-c3cccc(-c4c(C)cccc4C)n3)n2)n1. The first-order chi connectivity index (χ1) is 16.5. The Labute approximate surface area is 201 Å². The van der Waals surface area contributed by atoms with Crippen LogP contribution in [0.3, 0.4) is 0 Å². The highest BCUT2D eigenvalue weighted by molar-refractivity contribution is 5.72. The van der Waals surface area contributed by atoms with Crippen molar-refractivity contribution in [3.63, 3.8) is 0 Å². The van der Waals surface area contributed by atoms with Crippen molar-refractivity contribution in [1.29, 1.82) is 0 Å². The molecule has 0 saturated heterocycles. The Kier molecular flexibility index (Phi) is 5.77. The molecule has 34 heavy (non-hydrogen) atoms. The van der Waals surface area contributed by atoms with E-state index in [0.29, 0.717) is 0 Å². The molecule has 3 aromatic heterocycles. The van der Waals surface area contributed by atoms with Gasteiger partial charge in [-0.1, -0.05) is 54.6 Å². The van der Waals surface area contributed by atoms with Gasteiger partial charge in [0.2, 0.25) is 0 Å². The molecule has 166 valence electrons. The van der Waals surface area contributed by atoms with E-state index in [2.05, 4.69) is 88.4 Å². The third-order valence-corrected chi connectivity index (χ3v) is 6.25. The summed E-state index contributed by atoms with van der Waals surface area (Å²) in [6.45, 7) is 8.52. The zero-order valence-corrected chi connectivity index (χ0v) is 20.0. The Morgan fingerprint density at radius 1 is 0.324 bits per heavy atom. The summed E-state index contributed by atoms with van der Waals surface area (Å²) in [6, 6.07) is 31.0. The monoisotopic (exact) mass is 441 g/mol. The van der Waals surface area contributed by atoms with Gasteiger partial charge in [-0.2, -0.15) is 0 Å². The van der Waals surface area contributed by atoms with Crippen molar-refractivity contribution in [1.82, 2.24) is 15.0 Å². The molecule has 0 aliphatic heterocycles.